The number of para-hydroxylation sites is 1. The van der Waals surface area contributed by atoms with Crippen LogP contribution >= 0.6 is 0 Å². The van der Waals surface area contributed by atoms with Crippen molar-refractivity contribution in [3.8, 4) is 0 Å². The van der Waals surface area contributed by atoms with E-state index < -0.39 is 24.7 Å². The monoisotopic (exact) mass is 443 g/mol. The van der Waals surface area contributed by atoms with Gasteiger partial charge in [0, 0.05) is 5.69 Å². The third-order valence-electron chi connectivity index (χ3n) is 4.50. The molecule has 1 aliphatic heterocycles. The van der Waals surface area contributed by atoms with Crippen molar-refractivity contribution in [2.24, 2.45) is 10.1 Å². The summed E-state index contributed by atoms with van der Waals surface area (Å²) in [4.78, 5) is 3.28. The summed E-state index contributed by atoms with van der Waals surface area (Å²) in [6.45, 7) is 1.49. The van der Waals surface area contributed by atoms with E-state index in [0.717, 1.165) is 5.22 Å². The van der Waals surface area contributed by atoms with E-state index in [0.29, 0.717) is 11.0 Å². The highest BCUT2D eigenvalue weighted by Crippen LogP contribution is 2.21. The second-order valence-corrected chi connectivity index (χ2v) is 10.7. The van der Waals surface area contributed by atoms with Crippen LogP contribution < -0.4 is 21.4 Å². The Bertz CT molecular complexity index is 1370. The van der Waals surface area contributed by atoms with Gasteiger partial charge in [-0.1, -0.05) is 42.5 Å². The predicted octanol–water partition coefficient (Wildman–Crippen LogP) is 1.21. The molecule has 0 fully saturated rings. The topological polar surface area (TPSA) is 133 Å². The summed E-state index contributed by atoms with van der Waals surface area (Å²) in [5, 5.41) is 6.58. The molecule has 1 atom stereocenters. The molecule has 0 aromatic heterocycles. The summed E-state index contributed by atoms with van der Waals surface area (Å²) in [5.74, 6) is 0. The van der Waals surface area contributed by atoms with Gasteiger partial charge in [-0.05, 0) is 54.6 Å². The van der Waals surface area contributed by atoms with Crippen molar-refractivity contribution < 1.29 is 16.8 Å². The summed E-state index contributed by atoms with van der Waals surface area (Å²) in [7, 11) is -7.13. The Labute approximate surface area is 175 Å². The number of anilines is 1. The number of fused-ring (bicyclic) bond motifs is 1. The summed E-state index contributed by atoms with van der Waals surface area (Å²) < 4.78 is 46.8. The molecule has 1 unspecified atom stereocenters. The molecule has 0 aliphatic carbocycles. The Kier molecular flexibility index (Phi) is 5.80. The molecule has 0 spiro atoms. The van der Waals surface area contributed by atoms with Crippen LogP contribution in [-0.2, 0) is 19.9 Å². The number of rotatable bonds is 3. The number of hydrogen-bond acceptors (Lipinski definition) is 6. The normalized spacial score (nSPS) is 17.7. The minimum absolute atomic E-state index is 0.221. The van der Waals surface area contributed by atoms with Gasteiger partial charge in [-0.3, -0.25) is 4.99 Å². The molecule has 1 heterocycles. The average molecular weight is 444 g/mol. The van der Waals surface area contributed by atoms with Crippen LogP contribution in [-0.4, -0.2) is 21.7 Å². The molecule has 4 N–H and O–H groups in total. The maximum absolute atomic E-state index is 12.1. The van der Waals surface area contributed by atoms with Crippen molar-refractivity contribution in [2.75, 3.05) is 5.73 Å². The third-order valence-corrected chi connectivity index (χ3v) is 7.63. The lowest BCUT2D eigenvalue weighted by molar-refractivity contribution is 0.574. The Hall–Kier alpha value is -3.01. The molecule has 1 aliphatic rings. The molecule has 4 rings (SSSR count). The Balaban J connectivity index is 0.000000172. The standard InChI is InChI=1S/C12H11NO2S.C9H10N2O2S/c13-10-5-4-8-12(9-10)16(14,15)11-6-2-1-3-7-11;1-9(14(10,12)13)6-7-4-2-3-5-8(7)11-9/h1-9H,13H2;2-6H,1H3,(H2,10,12,13). The number of sulfone groups is 1. The molecule has 156 valence electrons. The molecule has 0 radical (unpaired) electrons. The molecule has 0 saturated heterocycles. The molecule has 3 aromatic rings. The van der Waals surface area contributed by atoms with Crippen LogP contribution in [0.1, 0.15) is 6.92 Å². The summed E-state index contributed by atoms with van der Waals surface area (Å²) >= 11 is 0. The number of hydrogen-bond donors (Lipinski definition) is 2. The van der Waals surface area contributed by atoms with Crippen molar-refractivity contribution in [1.82, 2.24) is 0 Å². The van der Waals surface area contributed by atoms with Gasteiger partial charge in [0.15, 0.2) is 4.87 Å². The van der Waals surface area contributed by atoms with E-state index in [2.05, 4.69) is 4.99 Å². The highest BCUT2D eigenvalue weighted by Gasteiger charge is 2.35. The van der Waals surface area contributed by atoms with Gasteiger partial charge in [-0.15, -0.1) is 0 Å². The van der Waals surface area contributed by atoms with E-state index in [9.17, 15) is 16.8 Å². The Morgan fingerprint density at radius 3 is 2.00 bits per heavy atom. The van der Waals surface area contributed by atoms with Gasteiger partial charge in [0.05, 0.1) is 15.1 Å². The van der Waals surface area contributed by atoms with Crippen LogP contribution in [0, 0.1) is 0 Å². The van der Waals surface area contributed by atoms with Gasteiger partial charge in [0.1, 0.15) is 0 Å². The zero-order valence-corrected chi connectivity index (χ0v) is 17.8. The quantitative estimate of drug-likeness (QED) is 0.587. The second-order valence-electron chi connectivity index (χ2n) is 6.80. The zero-order chi connectivity index (χ0) is 22.0. The van der Waals surface area contributed by atoms with Gasteiger partial charge in [0.25, 0.3) is 0 Å². The summed E-state index contributed by atoms with van der Waals surface area (Å²) in [6.07, 6.45) is 1.57. The summed E-state index contributed by atoms with van der Waals surface area (Å²) in [6, 6.07) is 21.8. The largest absolute Gasteiger partial charge is 0.399 e. The fraction of sp³-hybridized carbons (Fsp3) is 0.0952. The number of nitrogens with two attached hydrogens (primary N) is 2. The van der Waals surface area contributed by atoms with Crippen LogP contribution in [0.25, 0.3) is 6.08 Å². The molecular formula is C21H21N3O4S2. The predicted molar refractivity (Wildman–Crippen MR) is 116 cm³/mol. The highest BCUT2D eigenvalue weighted by atomic mass is 32.2. The molecule has 7 nitrogen and oxygen atoms in total. The van der Waals surface area contributed by atoms with E-state index in [1.807, 2.05) is 18.2 Å². The number of nitrogen functional groups attached to an aromatic ring is 1. The minimum atomic E-state index is -3.69. The van der Waals surface area contributed by atoms with E-state index in [1.54, 1.807) is 60.7 Å². The van der Waals surface area contributed by atoms with Gasteiger partial charge in [-0.2, -0.15) is 0 Å². The molecule has 0 bridgehead atoms. The summed E-state index contributed by atoms with van der Waals surface area (Å²) in [5.41, 5.74) is 6.01. The third kappa shape index (κ3) is 4.43. The lowest BCUT2D eigenvalue weighted by atomic mass is 10.2. The number of primary sulfonamides is 1. The number of benzene rings is 3. The van der Waals surface area contributed by atoms with Gasteiger partial charge >= 0.3 is 0 Å². The first-order valence-corrected chi connectivity index (χ1v) is 11.9. The second kappa shape index (κ2) is 8.02. The minimum Gasteiger partial charge on any atom is -0.399 e. The molecule has 0 saturated carbocycles. The van der Waals surface area contributed by atoms with Crippen LogP contribution in [0.4, 0.5) is 5.69 Å². The number of nitrogens with zero attached hydrogens (tertiary/aromatic N) is 1. The first-order valence-electron chi connectivity index (χ1n) is 8.89. The maximum atomic E-state index is 12.1. The lowest BCUT2D eigenvalue weighted by Crippen LogP contribution is -2.36. The molecular weight excluding hydrogens is 422 g/mol. The van der Waals surface area contributed by atoms with Crippen molar-refractivity contribution in [1.29, 1.82) is 0 Å². The molecule has 0 amide bonds. The SMILES string of the molecule is CC1(S(N)(=O)=O)C=c2ccccc2=N1.Nc1cccc(S(=O)(=O)c2ccccc2)c1. The van der Waals surface area contributed by atoms with E-state index in [-0.39, 0.29) is 9.79 Å². The van der Waals surface area contributed by atoms with Crippen molar-refractivity contribution in [2.45, 2.75) is 21.6 Å². The molecule has 3 aromatic carbocycles. The molecule has 30 heavy (non-hydrogen) atoms. The van der Waals surface area contributed by atoms with Crippen molar-refractivity contribution in [3.63, 3.8) is 0 Å². The van der Waals surface area contributed by atoms with Crippen molar-refractivity contribution >= 4 is 31.6 Å². The van der Waals surface area contributed by atoms with E-state index in [4.69, 9.17) is 10.9 Å². The average Bonchev–Trinajstić information content (AvgIpc) is 3.07. The van der Waals surface area contributed by atoms with Crippen molar-refractivity contribution in [3.05, 3.63) is 89.4 Å². The van der Waals surface area contributed by atoms with Crippen LogP contribution in [0.3, 0.4) is 0 Å². The van der Waals surface area contributed by atoms with Gasteiger partial charge < -0.3 is 5.73 Å². The fourth-order valence-electron chi connectivity index (χ4n) is 2.83. The van der Waals surface area contributed by atoms with Crippen LogP contribution in [0.2, 0.25) is 0 Å². The number of sulfonamides is 1. The Morgan fingerprint density at radius 1 is 0.800 bits per heavy atom. The highest BCUT2D eigenvalue weighted by molar-refractivity contribution is 7.91. The first kappa shape index (κ1) is 21.7. The lowest BCUT2D eigenvalue weighted by Gasteiger charge is -2.14. The fourth-order valence-corrected chi connectivity index (χ4v) is 4.69. The van der Waals surface area contributed by atoms with Crippen LogP contribution in [0.15, 0.2) is 93.6 Å². The Morgan fingerprint density at radius 2 is 1.40 bits per heavy atom. The van der Waals surface area contributed by atoms with Gasteiger partial charge in [-0.25, -0.2) is 22.0 Å². The van der Waals surface area contributed by atoms with Gasteiger partial charge in [0.2, 0.25) is 19.9 Å². The maximum Gasteiger partial charge on any atom is 0.238 e. The van der Waals surface area contributed by atoms with E-state index in [1.165, 1.54) is 13.0 Å². The van der Waals surface area contributed by atoms with Crippen LogP contribution in [0.5, 0.6) is 0 Å². The smallest absolute Gasteiger partial charge is 0.238 e. The zero-order valence-electron chi connectivity index (χ0n) is 16.1. The van der Waals surface area contributed by atoms with E-state index >= 15 is 0 Å². The molecule has 9 heteroatoms. The first-order chi connectivity index (χ1) is 14.0.